The zero-order valence-electron chi connectivity index (χ0n) is 11.9. The topological polar surface area (TPSA) is 0 Å². The standard InChI is InChI=1S/C16H25Cl/c1-10(2)13-7-8-14(16(17)12(5)6)15(9-13)11(3)4/h7-12,16H,1-6H3. The highest BCUT2D eigenvalue weighted by atomic mass is 35.5. The average molecular weight is 253 g/mol. The Balaban J connectivity index is 3.22. The van der Waals surface area contributed by atoms with Crippen LogP contribution in [0.25, 0.3) is 0 Å². The van der Waals surface area contributed by atoms with Gasteiger partial charge in [0.25, 0.3) is 0 Å². The monoisotopic (exact) mass is 252 g/mol. The van der Waals surface area contributed by atoms with Crippen molar-refractivity contribution in [3.63, 3.8) is 0 Å². The van der Waals surface area contributed by atoms with Crippen molar-refractivity contribution >= 4 is 11.6 Å². The number of alkyl halides is 1. The van der Waals surface area contributed by atoms with E-state index in [0.717, 1.165) is 0 Å². The van der Waals surface area contributed by atoms with Crippen LogP contribution in [0, 0.1) is 5.92 Å². The fourth-order valence-electron chi connectivity index (χ4n) is 2.06. The molecule has 0 fully saturated rings. The van der Waals surface area contributed by atoms with Gasteiger partial charge in [-0.3, -0.25) is 0 Å². The lowest BCUT2D eigenvalue weighted by atomic mass is 9.88. The number of halogens is 1. The lowest BCUT2D eigenvalue weighted by molar-refractivity contribution is 0.615. The maximum absolute atomic E-state index is 6.52. The van der Waals surface area contributed by atoms with Crippen LogP contribution < -0.4 is 0 Å². The second kappa shape index (κ2) is 5.91. The largest absolute Gasteiger partial charge is 0.118 e. The summed E-state index contributed by atoms with van der Waals surface area (Å²) in [6.45, 7) is 13.3. The van der Waals surface area contributed by atoms with Gasteiger partial charge in [0, 0.05) is 0 Å². The van der Waals surface area contributed by atoms with Gasteiger partial charge >= 0.3 is 0 Å². The molecule has 1 heteroatoms. The van der Waals surface area contributed by atoms with Gasteiger partial charge in [0.15, 0.2) is 0 Å². The summed E-state index contributed by atoms with van der Waals surface area (Å²) in [5.74, 6) is 1.58. The summed E-state index contributed by atoms with van der Waals surface area (Å²) in [6, 6.07) is 6.79. The van der Waals surface area contributed by atoms with Crippen LogP contribution in [0.4, 0.5) is 0 Å². The second-order valence-corrected chi connectivity index (χ2v) is 6.31. The van der Waals surface area contributed by atoms with Crippen LogP contribution in [0.3, 0.4) is 0 Å². The number of hydrogen-bond donors (Lipinski definition) is 0. The second-order valence-electron chi connectivity index (χ2n) is 5.84. The fraction of sp³-hybridized carbons (Fsp3) is 0.625. The van der Waals surface area contributed by atoms with Gasteiger partial charge in [0.1, 0.15) is 0 Å². The minimum Gasteiger partial charge on any atom is -0.118 e. The van der Waals surface area contributed by atoms with Crippen molar-refractivity contribution in [1.29, 1.82) is 0 Å². The first-order valence-electron chi connectivity index (χ1n) is 6.62. The number of rotatable bonds is 4. The van der Waals surface area contributed by atoms with Crippen LogP contribution in [0.1, 0.15) is 75.4 Å². The third kappa shape index (κ3) is 3.48. The molecule has 0 heterocycles. The molecule has 1 aromatic carbocycles. The minimum absolute atomic E-state index is 0.119. The first-order valence-corrected chi connectivity index (χ1v) is 7.06. The van der Waals surface area contributed by atoms with Crippen LogP contribution in [0.5, 0.6) is 0 Å². The number of hydrogen-bond acceptors (Lipinski definition) is 0. The van der Waals surface area contributed by atoms with Crippen molar-refractivity contribution in [2.75, 3.05) is 0 Å². The molecule has 0 radical (unpaired) electrons. The highest BCUT2D eigenvalue weighted by Crippen LogP contribution is 2.35. The Morgan fingerprint density at radius 1 is 0.824 bits per heavy atom. The first kappa shape index (κ1) is 14.6. The Morgan fingerprint density at radius 2 is 1.41 bits per heavy atom. The van der Waals surface area contributed by atoms with Crippen LogP contribution in [-0.2, 0) is 0 Å². The van der Waals surface area contributed by atoms with E-state index in [0.29, 0.717) is 17.8 Å². The van der Waals surface area contributed by atoms with Gasteiger partial charge in [-0.25, -0.2) is 0 Å². The Labute approximate surface area is 111 Å². The van der Waals surface area contributed by atoms with E-state index < -0.39 is 0 Å². The summed E-state index contributed by atoms with van der Waals surface area (Å²) < 4.78 is 0. The summed E-state index contributed by atoms with van der Waals surface area (Å²) >= 11 is 6.52. The summed E-state index contributed by atoms with van der Waals surface area (Å²) in [5.41, 5.74) is 4.12. The molecular weight excluding hydrogens is 228 g/mol. The van der Waals surface area contributed by atoms with Gasteiger partial charge in [-0.15, -0.1) is 11.6 Å². The van der Waals surface area contributed by atoms with E-state index in [1.165, 1.54) is 16.7 Å². The molecule has 0 nitrogen and oxygen atoms in total. The quantitative estimate of drug-likeness (QED) is 0.588. The van der Waals surface area contributed by atoms with Gasteiger partial charge in [0.2, 0.25) is 0 Å². The maximum Gasteiger partial charge on any atom is 0.0610 e. The van der Waals surface area contributed by atoms with Crippen LogP contribution in [0.2, 0.25) is 0 Å². The van der Waals surface area contributed by atoms with Gasteiger partial charge < -0.3 is 0 Å². The summed E-state index contributed by atoms with van der Waals surface area (Å²) in [6.07, 6.45) is 0. The Morgan fingerprint density at radius 3 is 1.82 bits per heavy atom. The van der Waals surface area contributed by atoms with Gasteiger partial charge in [-0.1, -0.05) is 59.7 Å². The highest BCUT2D eigenvalue weighted by molar-refractivity contribution is 6.21. The van der Waals surface area contributed by atoms with Gasteiger partial charge in [-0.2, -0.15) is 0 Å². The molecule has 1 atom stereocenters. The molecule has 0 saturated heterocycles. The van der Waals surface area contributed by atoms with Gasteiger partial charge in [-0.05, 0) is 34.4 Å². The smallest absolute Gasteiger partial charge is 0.0610 e. The molecular formula is C16H25Cl. The lowest BCUT2D eigenvalue weighted by Gasteiger charge is -2.21. The summed E-state index contributed by atoms with van der Waals surface area (Å²) in [4.78, 5) is 0. The van der Waals surface area contributed by atoms with Gasteiger partial charge in [0.05, 0.1) is 5.38 Å². The lowest BCUT2D eigenvalue weighted by Crippen LogP contribution is -2.06. The van der Waals surface area contributed by atoms with Crippen molar-refractivity contribution in [2.45, 2.75) is 58.8 Å². The normalized spacial score (nSPS) is 13.8. The van der Waals surface area contributed by atoms with Crippen LogP contribution in [-0.4, -0.2) is 0 Å². The van der Waals surface area contributed by atoms with Crippen LogP contribution >= 0.6 is 11.6 Å². The molecule has 17 heavy (non-hydrogen) atoms. The molecule has 1 aromatic rings. The predicted molar refractivity (Wildman–Crippen MR) is 78.1 cm³/mol. The van der Waals surface area contributed by atoms with E-state index in [2.05, 4.69) is 59.7 Å². The van der Waals surface area contributed by atoms with E-state index in [1.54, 1.807) is 0 Å². The Bertz CT molecular complexity index is 364. The van der Waals surface area contributed by atoms with Crippen LogP contribution in [0.15, 0.2) is 18.2 Å². The van der Waals surface area contributed by atoms with Crippen molar-refractivity contribution in [3.05, 3.63) is 34.9 Å². The first-order chi connectivity index (χ1) is 7.84. The SMILES string of the molecule is CC(C)c1ccc(C(Cl)C(C)C)c(C(C)C)c1. The van der Waals surface area contributed by atoms with E-state index in [1.807, 2.05) is 0 Å². The number of benzene rings is 1. The van der Waals surface area contributed by atoms with Crippen molar-refractivity contribution in [3.8, 4) is 0 Å². The zero-order valence-corrected chi connectivity index (χ0v) is 12.7. The molecule has 0 aromatic heterocycles. The maximum atomic E-state index is 6.52. The molecule has 1 rings (SSSR count). The summed E-state index contributed by atoms with van der Waals surface area (Å²) in [5, 5.41) is 0.119. The van der Waals surface area contributed by atoms with E-state index in [-0.39, 0.29) is 5.38 Å². The molecule has 0 aliphatic rings. The predicted octanol–water partition coefficient (Wildman–Crippen LogP) is 5.87. The van der Waals surface area contributed by atoms with E-state index in [4.69, 9.17) is 11.6 Å². The molecule has 0 bridgehead atoms. The molecule has 0 saturated carbocycles. The molecule has 1 unspecified atom stereocenters. The van der Waals surface area contributed by atoms with Crippen molar-refractivity contribution in [1.82, 2.24) is 0 Å². The Hall–Kier alpha value is -0.490. The molecule has 0 amide bonds. The van der Waals surface area contributed by atoms with Crippen molar-refractivity contribution in [2.24, 2.45) is 5.92 Å². The molecule has 96 valence electrons. The third-order valence-electron chi connectivity index (χ3n) is 3.28. The molecule has 0 aliphatic heterocycles. The molecule has 0 spiro atoms. The minimum atomic E-state index is 0.119. The third-order valence-corrected chi connectivity index (χ3v) is 4.02. The molecule has 0 N–H and O–H groups in total. The van der Waals surface area contributed by atoms with Crippen molar-refractivity contribution < 1.29 is 0 Å². The average Bonchev–Trinajstić information content (AvgIpc) is 2.26. The van der Waals surface area contributed by atoms with E-state index in [9.17, 15) is 0 Å². The highest BCUT2D eigenvalue weighted by Gasteiger charge is 2.18. The summed E-state index contributed by atoms with van der Waals surface area (Å²) in [7, 11) is 0. The molecule has 0 aliphatic carbocycles. The zero-order chi connectivity index (χ0) is 13.2. The Kier molecular flexibility index (Phi) is 5.06. The van der Waals surface area contributed by atoms with E-state index >= 15 is 0 Å². The fourth-order valence-corrected chi connectivity index (χ4v) is 2.26.